The van der Waals surface area contributed by atoms with E-state index in [0.717, 1.165) is 35.0 Å². The van der Waals surface area contributed by atoms with Gasteiger partial charge in [0, 0.05) is 17.1 Å². The molecule has 3 aromatic rings. The summed E-state index contributed by atoms with van der Waals surface area (Å²) in [6, 6.07) is 5.83. The molecule has 2 aliphatic rings. The summed E-state index contributed by atoms with van der Waals surface area (Å²) in [5, 5.41) is 3.27. The molecule has 3 N–H and O–H groups in total. The number of piperidine rings is 2. The Balaban J connectivity index is 0.00000259. The van der Waals surface area contributed by atoms with Crippen LogP contribution in [0, 0.1) is 0 Å². The first kappa shape index (κ1) is 24.1. The normalized spacial score (nSPS) is 21.7. The zero-order valence-corrected chi connectivity index (χ0v) is 20.2. The van der Waals surface area contributed by atoms with Crippen LogP contribution in [0.4, 0.5) is 14.6 Å². The number of anilines is 1. The number of benzene rings is 1. The summed E-state index contributed by atoms with van der Waals surface area (Å²) in [6.07, 6.45) is 3.07. The minimum Gasteiger partial charge on any atom is -0.382 e. The molecule has 0 saturated carbocycles. The van der Waals surface area contributed by atoms with Gasteiger partial charge in [-0.05, 0) is 56.6 Å². The first-order chi connectivity index (χ1) is 15.4. The number of nitrogens with two attached hydrogens (primary N) is 1. The van der Waals surface area contributed by atoms with Crippen LogP contribution in [0.3, 0.4) is 0 Å². The average molecular weight is 545 g/mol. The topological polar surface area (TPSA) is 94.0 Å². The van der Waals surface area contributed by atoms with Crippen molar-refractivity contribution < 1.29 is 8.78 Å². The van der Waals surface area contributed by atoms with Gasteiger partial charge in [0.2, 0.25) is 0 Å². The van der Waals surface area contributed by atoms with Gasteiger partial charge in [-0.3, -0.25) is 14.0 Å². The third-order valence-electron chi connectivity index (χ3n) is 6.49. The first-order valence-corrected chi connectivity index (χ1v) is 11.5. The standard InChI is InChI=1S/C21H24BrF2N7O.ClH/c22-13-1-3-15(4-2-13)30-17-18(25)27-12-28-19(17)31(20(30)32)16-7-10-29(11-21(16,23)24)14-5-8-26-9-6-14;/h1-4,12,14,16,26H,5-11H2,(H2,25,27,28);1H/t16-;/m0./s1. The lowest BCUT2D eigenvalue weighted by Gasteiger charge is -2.43. The Kier molecular flexibility index (Phi) is 6.77. The van der Waals surface area contributed by atoms with Gasteiger partial charge in [-0.2, -0.15) is 0 Å². The van der Waals surface area contributed by atoms with Crippen LogP contribution in [0.15, 0.2) is 39.9 Å². The van der Waals surface area contributed by atoms with Crippen LogP contribution in [-0.4, -0.2) is 62.1 Å². The number of aromatic nitrogens is 4. The number of hydrogen-bond acceptors (Lipinski definition) is 6. The molecule has 1 atom stereocenters. The number of nitrogen functional groups attached to an aromatic ring is 1. The van der Waals surface area contributed by atoms with Gasteiger partial charge in [-0.1, -0.05) is 15.9 Å². The van der Waals surface area contributed by atoms with Crippen LogP contribution < -0.4 is 16.7 Å². The van der Waals surface area contributed by atoms with Crippen molar-refractivity contribution >= 4 is 45.3 Å². The molecule has 0 amide bonds. The van der Waals surface area contributed by atoms with Gasteiger partial charge >= 0.3 is 5.69 Å². The molecule has 0 bridgehead atoms. The number of imidazole rings is 1. The fourth-order valence-electron chi connectivity index (χ4n) is 4.93. The first-order valence-electron chi connectivity index (χ1n) is 10.7. The Bertz CT molecular complexity index is 1190. The molecule has 2 saturated heterocycles. The maximum atomic E-state index is 15.5. The van der Waals surface area contributed by atoms with Crippen LogP contribution >= 0.6 is 28.3 Å². The molecule has 2 aliphatic heterocycles. The second-order valence-corrected chi connectivity index (χ2v) is 9.33. The molecule has 4 heterocycles. The largest absolute Gasteiger partial charge is 0.382 e. The van der Waals surface area contributed by atoms with Gasteiger partial charge in [0.15, 0.2) is 11.5 Å². The minimum atomic E-state index is -3.09. The van der Waals surface area contributed by atoms with Gasteiger partial charge in [0.1, 0.15) is 17.9 Å². The van der Waals surface area contributed by atoms with Crippen LogP contribution in [0.1, 0.15) is 25.3 Å². The number of rotatable bonds is 3. The van der Waals surface area contributed by atoms with Gasteiger partial charge in [-0.25, -0.2) is 23.5 Å². The Morgan fingerprint density at radius 1 is 1.12 bits per heavy atom. The second-order valence-electron chi connectivity index (χ2n) is 8.41. The Hall–Kier alpha value is -2.08. The third-order valence-corrected chi connectivity index (χ3v) is 7.02. The van der Waals surface area contributed by atoms with E-state index in [4.69, 9.17) is 5.73 Å². The predicted molar refractivity (Wildman–Crippen MR) is 129 cm³/mol. The van der Waals surface area contributed by atoms with E-state index >= 15 is 8.78 Å². The maximum absolute atomic E-state index is 15.5. The summed E-state index contributed by atoms with van der Waals surface area (Å²) in [4.78, 5) is 23.6. The molecule has 0 unspecified atom stereocenters. The molecule has 33 heavy (non-hydrogen) atoms. The molecule has 12 heteroatoms. The molecule has 1 aromatic carbocycles. The SMILES string of the molecule is Cl.Nc1ncnc2c1n(-c1ccc(Br)cc1)c(=O)n2[C@H]1CCN(C2CCNCC2)CC1(F)F. The minimum absolute atomic E-state index is 0. The highest BCUT2D eigenvalue weighted by Crippen LogP contribution is 2.39. The molecule has 0 spiro atoms. The molecule has 8 nitrogen and oxygen atoms in total. The molecular formula is C21H25BrClF2N7O. The van der Waals surface area contributed by atoms with Gasteiger partial charge in [0.25, 0.3) is 5.92 Å². The molecule has 2 aromatic heterocycles. The highest BCUT2D eigenvalue weighted by atomic mass is 79.9. The van der Waals surface area contributed by atoms with E-state index in [2.05, 4.69) is 31.2 Å². The Labute approximate surface area is 203 Å². The Morgan fingerprint density at radius 3 is 2.48 bits per heavy atom. The number of likely N-dealkylation sites (tertiary alicyclic amines) is 1. The van der Waals surface area contributed by atoms with Crippen LogP contribution in [-0.2, 0) is 0 Å². The smallest absolute Gasteiger partial charge is 0.335 e. The number of halogens is 4. The monoisotopic (exact) mass is 543 g/mol. The summed E-state index contributed by atoms with van der Waals surface area (Å²) in [7, 11) is 0. The van der Waals surface area contributed by atoms with E-state index in [9.17, 15) is 4.79 Å². The lowest BCUT2D eigenvalue weighted by atomic mass is 9.96. The molecular weight excluding hydrogens is 520 g/mol. The van der Waals surface area contributed by atoms with Crippen LogP contribution in [0.5, 0.6) is 0 Å². The summed E-state index contributed by atoms with van der Waals surface area (Å²) in [5.41, 5.74) is 6.39. The number of nitrogens with one attached hydrogen (secondary N) is 1. The van der Waals surface area contributed by atoms with E-state index in [1.807, 2.05) is 4.90 Å². The summed E-state index contributed by atoms with van der Waals surface area (Å²) < 4.78 is 34.3. The summed E-state index contributed by atoms with van der Waals surface area (Å²) in [5.74, 6) is -3.02. The highest BCUT2D eigenvalue weighted by molar-refractivity contribution is 9.10. The number of fused-ring (bicyclic) bond motifs is 1. The van der Waals surface area contributed by atoms with Crippen molar-refractivity contribution in [2.75, 3.05) is 31.9 Å². The van der Waals surface area contributed by atoms with E-state index in [1.54, 1.807) is 24.3 Å². The Morgan fingerprint density at radius 2 is 1.82 bits per heavy atom. The third kappa shape index (κ3) is 4.27. The maximum Gasteiger partial charge on any atom is 0.335 e. The number of nitrogens with zero attached hydrogens (tertiary/aromatic N) is 5. The molecule has 0 radical (unpaired) electrons. The zero-order chi connectivity index (χ0) is 22.5. The average Bonchev–Trinajstić information content (AvgIpc) is 3.07. The van der Waals surface area contributed by atoms with Crippen molar-refractivity contribution in [1.82, 2.24) is 29.3 Å². The van der Waals surface area contributed by atoms with Crippen molar-refractivity contribution in [1.29, 1.82) is 0 Å². The van der Waals surface area contributed by atoms with Crippen molar-refractivity contribution in [3.63, 3.8) is 0 Å². The van der Waals surface area contributed by atoms with Crippen molar-refractivity contribution in [3.8, 4) is 5.69 Å². The van der Waals surface area contributed by atoms with Crippen LogP contribution in [0.2, 0.25) is 0 Å². The van der Waals surface area contributed by atoms with E-state index < -0.39 is 17.7 Å². The van der Waals surface area contributed by atoms with E-state index in [-0.39, 0.29) is 48.4 Å². The van der Waals surface area contributed by atoms with Crippen LogP contribution in [0.25, 0.3) is 16.9 Å². The van der Waals surface area contributed by atoms with E-state index in [1.165, 1.54) is 10.9 Å². The van der Waals surface area contributed by atoms with Gasteiger partial charge in [0.05, 0.1) is 12.2 Å². The van der Waals surface area contributed by atoms with Gasteiger partial charge in [-0.15, -0.1) is 12.4 Å². The number of hydrogen-bond donors (Lipinski definition) is 2. The van der Waals surface area contributed by atoms with E-state index in [0.29, 0.717) is 12.2 Å². The van der Waals surface area contributed by atoms with Crippen molar-refractivity contribution in [2.24, 2.45) is 0 Å². The number of alkyl halides is 2. The molecule has 0 aliphatic carbocycles. The molecule has 5 rings (SSSR count). The summed E-state index contributed by atoms with van der Waals surface area (Å²) >= 11 is 3.37. The fourth-order valence-corrected chi connectivity index (χ4v) is 5.20. The highest BCUT2D eigenvalue weighted by Gasteiger charge is 2.48. The zero-order valence-electron chi connectivity index (χ0n) is 17.8. The fraction of sp³-hybridized carbons (Fsp3) is 0.476. The molecule has 178 valence electrons. The second kappa shape index (κ2) is 9.28. The molecule has 2 fully saturated rings. The lowest BCUT2D eigenvalue weighted by molar-refractivity contribution is -0.114. The lowest BCUT2D eigenvalue weighted by Crippen LogP contribution is -2.55. The predicted octanol–water partition coefficient (Wildman–Crippen LogP) is 2.98. The van der Waals surface area contributed by atoms with Gasteiger partial charge < -0.3 is 11.1 Å². The van der Waals surface area contributed by atoms with Crippen molar-refractivity contribution in [3.05, 3.63) is 45.5 Å². The van der Waals surface area contributed by atoms with Crippen molar-refractivity contribution in [2.45, 2.75) is 37.3 Å². The summed E-state index contributed by atoms with van der Waals surface area (Å²) in [6.45, 7) is 1.81. The quantitative estimate of drug-likeness (QED) is 0.527.